The molecule has 20 heavy (non-hydrogen) atoms. The van der Waals surface area contributed by atoms with Gasteiger partial charge in [0.15, 0.2) is 0 Å². The zero-order valence-corrected chi connectivity index (χ0v) is 12.4. The van der Waals surface area contributed by atoms with E-state index in [2.05, 4.69) is 17.1 Å². The molecule has 1 saturated carbocycles. The number of fused-ring (bicyclic) bond motifs is 2. The maximum atomic E-state index is 10.7. The van der Waals surface area contributed by atoms with Crippen molar-refractivity contribution in [2.24, 2.45) is 10.9 Å². The lowest BCUT2D eigenvalue weighted by atomic mass is 9.78. The number of hydrogen-bond donors (Lipinski definition) is 1. The molecular weight excluding hydrogens is 297 g/mol. The minimum absolute atomic E-state index is 0.0187. The number of rotatable bonds is 2. The number of nitrogens with zero attached hydrogens (tertiary/aromatic N) is 1. The summed E-state index contributed by atoms with van der Waals surface area (Å²) < 4.78 is 0. The minimum Gasteiger partial charge on any atom is -0.506 e. The Kier molecular flexibility index (Phi) is 3.17. The van der Waals surface area contributed by atoms with Gasteiger partial charge < -0.3 is 5.11 Å². The monoisotopic (exact) mass is 309 g/mol. The number of hydrogen-bond acceptors (Lipinski definition) is 3. The Morgan fingerprint density at radius 3 is 2.70 bits per heavy atom. The standard InChI is InChI=1S/C15H13Cl2NO2/c1-8-11(16)13(18-7-19)10(14(20)12(8)17)15-4-2-9(6-15)3-5-15/h2,4,9,20H,3,5-6H2,1H3. The number of carbonyl (C=O) groups excluding carboxylic acids is 1. The lowest BCUT2D eigenvalue weighted by molar-refractivity contribution is 0.445. The van der Waals surface area contributed by atoms with Crippen LogP contribution in [-0.2, 0) is 10.2 Å². The van der Waals surface area contributed by atoms with Gasteiger partial charge in [0.05, 0.1) is 10.0 Å². The van der Waals surface area contributed by atoms with E-state index in [4.69, 9.17) is 23.2 Å². The van der Waals surface area contributed by atoms with Crippen molar-refractivity contribution in [2.45, 2.75) is 31.6 Å². The first-order valence-electron chi connectivity index (χ1n) is 6.48. The summed E-state index contributed by atoms with van der Waals surface area (Å²) in [6.07, 6.45) is 8.63. The molecule has 0 aliphatic heterocycles. The van der Waals surface area contributed by atoms with Crippen LogP contribution in [-0.4, -0.2) is 11.2 Å². The second-order valence-corrected chi connectivity index (χ2v) is 6.30. The highest BCUT2D eigenvalue weighted by Crippen LogP contribution is 2.58. The molecule has 1 N–H and O–H groups in total. The second kappa shape index (κ2) is 4.63. The van der Waals surface area contributed by atoms with Crippen LogP contribution in [0.15, 0.2) is 17.1 Å². The zero-order valence-electron chi connectivity index (χ0n) is 10.9. The highest BCUT2D eigenvalue weighted by Gasteiger charge is 2.46. The normalized spacial score (nSPS) is 26.9. The predicted molar refractivity (Wildman–Crippen MR) is 78.8 cm³/mol. The molecule has 2 aliphatic carbocycles. The molecule has 2 atom stereocenters. The van der Waals surface area contributed by atoms with E-state index in [0.29, 0.717) is 27.8 Å². The Bertz CT molecular complexity index is 677. The van der Waals surface area contributed by atoms with Crippen LogP contribution in [0.25, 0.3) is 0 Å². The summed E-state index contributed by atoms with van der Waals surface area (Å²) in [5, 5.41) is 11.0. The van der Waals surface area contributed by atoms with Gasteiger partial charge in [-0.1, -0.05) is 35.4 Å². The molecule has 0 radical (unpaired) electrons. The third-order valence-electron chi connectivity index (χ3n) is 4.48. The van der Waals surface area contributed by atoms with E-state index in [1.165, 1.54) is 6.08 Å². The highest BCUT2D eigenvalue weighted by molar-refractivity contribution is 6.38. The van der Waals surface area contributed by atoms with Crippen molar-refractivity contribution in [3.8, 4) is 5.75 Å². The molecule has 1 aromatic rings. The van der Waals surface area contributed by atoms with Crippen LogP contribution < -0.4 is 0 Å². The first-order valence-corrected chi connectivity index (χ1v) is 7.24. The molecule has 0 amide bonds. The Labute approximate surface area is 126 Å². The summed E-state index contributed by atoms with van der Waals surface area (Å²) in [5.74, 6) is 0.496. The molecule has 104 valence electrons. The Hall–Kier alpha value is -1.28. The number of isocyanates is 1. The highest BCUT2D eigenvalue weighted by atomic mass is 35.5. The van der Waals surface area contributed by atoms with Gasteiger partial charge in [-0.2, -0.15) is 4.99 Å². The van der Waals surface area contributed by atoms with Gasteiger partial charge in [0.1, 0.15) is 11.4 Å². The molecule has 2 bridgehead atoms. The summed E-state index contributed by atoms with van der Waals surface area (Å²) in [6, 6.07) is 0. The fourth-order valence-corrected chi connectivity index (χ4v) is 3.94. The van der Waals surface area contributed by atoms with E-state index < -0.39 is 0 Å². The minimum atomic E-state index is -0.314. The molecule has 1 fully saturated rings. The fraction of sp³-hybridized carbons (Fsp3) is 0.400. The van der Waals surface area contributed by atoms with E-state index in [9.17, 15) is 9.90 Å². The van der Waals surface area contributed by atoms with Gasteiger partial charge in [0, 0.05) is 11.0 Å². The summed E-state index contributed by atoms with van der Waals surface area (Å²) >= 11 is 12.4. The van der Waals surface area contributed by atoms with Crippen molar-refractivity contribution in [2.75, 3.05) is 0 Å². The number of benzene rings is 1. The number of phenolic OH excluding ortho intramolecular Hbond substituents is 1. The Balaban J connectivity index is 2.35. The van der Waals surface area contributed by atoms with Gasteiger partial charge in [0.2, 0.25) is 6.08 Å². The molecule has 5 heteroatoms. The third-order valence-corrected chi connectivity index (χ3v) is 5.40. The first-order chi connectivity index (χ1) is 9.50. The van der Waals surface area contributed by atoms with E-state index in [1.54, 1.807) is 6.92 Å². The summed E-state index contributed by atoms with van der Waals surface area (Å²) in [4.78, 5) is 14.5. The van der Waals surface area contributed by atoms with Gasteiger partial charge in [0.25, 0.3) is 0 Å². The van der Waals surface area contributed by atoms with Gasteiger partial charge in [-0.3, -0.25) is 0 Å². The van der Waals surface area contributed by atoms with Crippen molar-refractivity contribution >= 4 is 35.0 Å². The van der Waals surface area contributed by atoms with E-state index >= 15 is 0 Å². The van der Waals surface area contributed by atoms with Crippen molar-refractivity contribution < 1.29 is 9.90 Å². The van der Waals surface area contributed by atoms with Crippen molar-refractivity contribution in [3.05, 3.63) is 33.3 Å². The van der Waals surface area contributed by atoms with Crippen LogP contribution in [0.3, 0.4) is 0 Å². The second-order valence-electron chi connectivity index (χ2n) is 5.55. The van der Waals surface area contributed by atoms with Gasteiger partial charge in [-0.25, -0.2) is 4.79 Å². The maximum absolute atomic E-state index is 10.7. The largest absolute Gasteiger partial charge is 0.506 e. The van der Waals surface area contributed by atoms with Crippen LogP contribution in [0.1, 0.15) is 30.4 Å². The number of halogens is 2. The van der Waals surface area contributed by atoms with Crippen LogP contribution in [0.2, 0.25) is 10.0 Å². The number of allylic oxidation sites excluding steroid dienone is 2. The van der Waals surface area contributed by atoms with Crippen molar-refractivity contribution in [3.63, 3.8) is 0 Å². The zero-order chi connectivity index (χ0) is 14.5. The molecule has 3 nitrogen and oxygen atoms in total. The van der Waals surface area contributed by atoms with Crippen molar-refractivity contribution in [1.29, 1.82) is 0 Å². The van der Waals surface area contributed by atoms with Gasteiger partial charge in [-0.05, 0) is 37.7 Å². The number of phenols is 1. The molecule has 2 unspecified atom stereocenters. The quantitative estimate of drug-likeness (QED) is 0.494. The summed E-state index contributed by atoms with van der Waals surface area (Å²) in [5.41, 5.74) is 1.08. The summed E-state index contributed by atoms with van der Waals surface area (Å²) in [6.45, 7) is 1.69. The molecule has 2 aliphatic rings. The lowest BCUT2D eigenvalue weighted by Gasteiger charge is -2.28. The summed E-state index contributed by atoms with van der Waals surface area (Å²) in [7, 11) is 0. The van der Waals surface area contributed by atoms with Gasteiger partial charge in [-0.15, -0.1) is 0 Å². The SMILES string of the molecule is Cc1c(Cl)c(O)c(C23C=CC(CC2)C3)c(N=C=O)c1Cl. The van der Waals surface area contributed by atoms with E-state index in [0.717, 1.165) is 19.3 Å². The Morgan fingerprint density at radius 1 is 1.45 bits per heavy atom. The smallest absolute Gasteiger partial charge is 0.240 e. The molecular formula is C15H13Cl2NO2. The van der Waals surface area contributed by atoms with Crippen LogP contribution in [0.5, 0.6) is 5.75 Å². The lowest BCUT2D eigenvalue weighted by Crippen LogP contribution is -2.18. The van der Waals surface area contributed by atoms with E-state index in [-0.39, 0.29) is 16.2 Å². The number of aliphatic imine (C=N–C) groups is 1. The van der Waals surface area contributed by atoms with Gasteiger partial charge >= 0.3 is 0 Å². The Morgan fingerprint density at radius 2 is 2.20 bits per heavy atom. The van der Waals surface area contributed by atoms with Crippen molar-refractivity contribution in [1.82, 2.24) is 0 Å². The molecule has 0 saturated heterocycles. The van der Waals surface area contributed by atoms with Crippen LogP contribution >= 0.6 is 23.2 Å². The fourth-order valence-electron chi connectivity index (χ4n) is 3.47. The van der Waals surface area contributed by atoms with Crippen LogP contribution in [0, 0.1) is 12.8 Å². The predicted octanol–water partition coefficient (Wildman–Crippen LogP) is 4.58. The van der Waals surface area contributed by atoms with E-state index in [1.807, 2.05) is 0 Å². The molecule has 3 rings (SSSR count). The van der Waals surface area contributed by atoms with Crippen LogP contribution in [0.4, 0.5) is 5.69 Å². The molecule has 1 aromatic carbocycles. The maximum Gasteiger partial charge on any atom is 0.240 e. The first kappa shape index (κ1) is 13.7. The molecule has 0 heterocycles. The number of aromatic hydroxyl groups is 1. The average molecular weight is 310 g/mol. The molecule has 0 aromatic heterocycles. The average Bonchev–Trinajstić information content (AvgIpc) is 3.04. The third kappa shape index (κ3) is 1.74. The molecule has 0 spiro atoms. The topological polar surface area (TPSA) is 49.7 Å².